The standard InChI is InChI=1S/C12H16N4O2S2/c1-3-4-13-10(17)7-20-12-16-15-11(18-12)5-9-6-19-8(2)14-9/h6H,3-5,7H2,1-2H3,(H,13,17). The molecule has 0 aliphatic heterocycles. The number of thiazole rings is 1. The first-order valence-corrected chi connectivity index (χ1v) is 8.16. The lowest BCUT2D eigenvalue weighted by atomic mass is 10.3. The molecule has 6 nitrogen and oxygen atoms in total. The first-order valence-electron chi connectivity index (χ1n) is 6.30. The van der Waals surface area contributed by atoms with Gasteiger partial charge in [0.25, 0.3) is 5.22 Å². The summed E-state index contributed by atoms with van der Waals surface area (Å²) in [6, 6.07) is 0. The highest BCUT2D eigenvalue weighted by Crippen LogP contribution is 2.18. The van der Waals surface area contributed by atoms with E-state index in [0.29, 0.717) is 24.1 Å². The molecule has 0 aromatic carbocycles. The number of rotatable bonds is 7. The van der Waals surface area contributed by atoms with Crippen molar-refractivity contribution in [1.82, 2.24) is 20.5 Å². The molecule has 0 spiro atoms. The van der Waals surface area contributed by atoms with E-state index in [1.54, 1.807) is 11.3 Å². The third-order valence-corrected chi connectivity index (χ3v) is 3.99. The Balaban J connectivity index is 1.81. The average Bonchev–Trinajstić information content (AvgIpc) is 3.04. The number of hydrogen-bond donors (Lipinski definition) is 1. The molecule has 2 aromatic heterocycles. The van der Waals surface area contributed by atoms with Crippen LogP contribution in [0.5, 0.6) is 0 Å². The van der Waals surface area contributed by atoms with Gasteiger partial charge in [0.15, 0.2) is 0 Å². The Kier molecular flexibility index (Phi) is 5.54. The number of hydrogen-bond acceptors (Lipinski definition) is 7. The Bertz CT molecular complexity index is 567. The van der Waals surface area contributed by atoms with Gasteiger partial charge in [-0.3, -0.25) is 4.79 Å². The monoisotopic (exact) mass is 312 g/mol. The molecule has 0 unspecified atom stereocenters. The fourth-order valence-electron chi connectivity index (χ4n) is 1.46. The van der Waals surface area contributed by atoms with Gasteiger partial charge in [0, 0.05) is 11.9 Å². The molecule has 2 aromatic rings. The summed E-state index contributed by atoms with van der Waals surface area (Å²) in [5.41, 5.74) is 0.924. The van der Waals surface area contributed by atoms with Gasteiger partial charge < -0.3 is 9.73 Å². The van der Waals surface area contributed by atoms with E-state index in [1.807, 2.05) is 19.2 Å². The van der Waals surface area contributed by atoms with Gasteiger partial charge in [-0.1, -0.05) is 18.7 Å². The summed E-state index contributed by atoms with van der Waals surface area (Å²) in [5.74, 6) is 0.788. The quantitative estimate of drug-likeness (QED) is 0.788. The minimum Gasteiger partial charge on any atom is -0.416 e. The van der Waals surface area contributed by atoms with Crippen molar-refractivity contribution in [3.8, 4) is 0 Å². The van der Waals surface area contributed by atoms with E-state index in [0.717, 1.165) is 17.1 Å². The van der Waals surface area contributed by atoms with Crippen molar-refractivity contribution in [3.05, 3.63) is 22.0 Å². The van der Waals surface area contributed by atoms with Crippen molar-refractivity contribution in [2.45, 2.75) is 31.9 Å². The molecule has 0 atom stereocenters. The normalized spacial score (nSPS) is 10.7. The Morgan fingerprint density at radius 2 is 2.35 bits per heavy atom. The van der Waals surface area contributed by atoms with Crippen LogP contribution in [-0.2, 0) is 11.2 Å². The van der Waals surface area contributed by atoms with Gasteiger partial charge in [0.2, 0.25) is 11.8 Å². The van der Waals surface area contributed by atoms with Crippen molar-refractivity contribution in [2.24, 2.45) is 0 Å². The van der Waals surface area contributed by atoms with Crippen molar-refractivity contribution >= 4 is 29.0 Å². The average molecular weight is 312 g/mol. The summed E-state index contributed by atoms with van der Waals surface area (Å²) in [5, 5.41) is 14.1. The van der Waals surface area contributed by atoms with Gasteiger partial charge in [-0.05, 0) is 13.3 Å². The second-order valence-electron chi connectivity index (χ2n) is 4.13. The number of nitrogens with one attached hydrogen (secondary N) is 1. The van der Waals surface area contributed by atoms with E-state index < -0.39 is 0 Å². The highest BCUT2D eigenvalue weighted by Gasteiger charge is 2.11. The molecular formula is C12H16N4O2S2. The maximum absolute atomic E-state index is 11.4. The van der Waals surface area contributed by atoms with Crippen molar-refractivity contribution in [1.29, 1.82) is 0 Å². The van der Waals surface area contributed by atoms with E-state index in [4.69, 9.17) is 4.42 Å². The van der Waals surface area contributed by atoms with E-state index in [-0.39, 0.29) is 11.7 Å². The highest BCUT2D eigenvalue weighted by atomic mass is 32.2. The molecule has 8 heteroatoms. The third kappa shape index (κ3) is 4.61. The largest absolute Gasteiger partial charge is 0.416 e. The number of carbonyl (C=O) groups excluding carboxylic acids is 1. The molecule has 0 aliphatic rings. The van der Waals surface area contributed by atoms with E-state index in [1.165, 1.54) is 11.8 Å². The molecule has 0 saturated carbocycles. The summed E-state index contributed by atoms with van der Waals surface area (Å²) < 4.78 is 5.48. The molecule has 1 amide bonds. The molecule has 0 bridgehead atoms. The maximum atomic E-state index is 11.4. The minimum atomic E-state index is -0.0215. The van der Waals surface area contributed by atoms with Crippen LogP contribution < -0.4 is 5.32 Å². The zero-order valence-electron chi connectivity index (χ0n) is 11.4. The first-order chi connectivity index (χ1) is 9.67. The van der Waals surface area contributed by atoms with Crippen LogP contribution >= 0.6 is 23.1 Å². The van der Waals surface area contributed by atoms with Crippen LogP contribution in [0.3, 0.4) is 0 Å². The van der Waals surface area contributed by atoms with Crippen LogP contribution in [0.4, 0.5) is 0 Å². The topological polar surface area (TPSA) is 80.9 Å². The Labute approximate surface area is 125 Å². The summed E-state index contributed by atoms with van der Waals surface area (Å²) in [4.78, 5) is 15.8. The predicted molar refractivity (Wildman–Crippen MR) is 78.0 cm³/mol. The molecule has 1 N–H and O–H groups in total. The van der Waals surface area contributed by atoms with Crippen LogP contribution in [0.2, 0.25) is 0 Å². The van der Waals surface area contributed by atoms with Crippen LogP contribution in [0.1, 0.15) is 29.9 Å². The molecule has 0 fully saturated rings. The lowest BCUT2D eigenvalue weighted by Gasteiger charge is -2.00. The summed E-state index contributed by atoms with van der Waals surface area (Å²) >= 11 is 2.84. The Hall–Kier alpha value is -1.41. The number of nitrogens with zero attached hydrogens (tertiary/aromatic N) is 3. The molecule has 20 heavy (non-hydrogen) atoms. The molecule has 0 radical (unpaired) electrons. The van der Waals surface area contributed by atoms with E-state index in [2.05, 4.69) is 20.5 Å². The molecule has 0 aliphatic carbocycles. The molecular weight excluding hydrogens is 296 g/mol. The van der Waals surface area contributed by atoms with Crippen LogP contribution in [0.25, 0.3) is 0 Å². The summed E-state index contributed by atoms with van der Waals surface area (Å²) in [7, 11) is 0. The lowest BCUT2D eigenvalue weighted by molar-refractivity contribution is -0.118. The van der Waals surface area contributed by atoms with Gasteiger partial charge in [0.1, 0.15) is 0 Å². The predicted octanol–water partition coefficient (Wildman–Crippen LogP) is 2.04. The number of thioether (sulfide) groups is 1. The van der Waals surface area contributed by atoms with E-state index >= 15 is 0 Å². The Morgan fingerprint density at radius 1 is 1.50 bits per heavy atom. The van der Waals surface area contributed by atoms with Gasteiger partial charge in [-0.15, -0.1) is 21.5 Å². The van der Waals surface area contributed by atoms with Crippen LogP contribution in [-0.4, -0.2) is 33.4 Å². The highest BCUT2D eigenvalue weighted by molar-refractivity contribution is 7.99. The second kappa shape index (κ2) is 7.39. The van der Waals surface area contributed by atoms with Crippen LogP contribution in [0.15, 0.2) is 15.0 Å². The van der Waals surface area contributed by atoms with E-state index in [9.17, 15) is 4.79 Å². The minimum absolute atomic E-state index is 0.0215. The Morgan fingerprint density at radius 3 is 3.05 bits per heavy atom. The third-order valence-electron chi connectivity index (χ3n) is 2.35. The molecule has 2 heterocycles. The van der Waals surface area contributed by atoms with Gasteiger partial charge in [-0.2, -0.15) is 0 Å². The fourth-order valence-corrected chi connectivity index (χ4v) is 2.68. The second-order valence-corrected chi connectivity index (χ2v) is 6.12. The number of carbonyl (C=O) groups is 1. The first kappa shape index (κ1) is 15.0. The summed E-state index contributed by atoms with van der Waals surface area (Å²) in [6.45, 7) is 4.66. The maximum Gasteiger partial charge on any atom is 0.277 e. The SMILES string of the molecule is CCCNC(=O)CSc1nnc(Cc2csc(C)n2)o1. The van der Waals surface area contributed by atoms with Gasteiger partial charge >= 0.3 is 0 Å². The summed E-state index contributed by atoms with van der Waals surface area (Å²) in [6.07, 6.45) is 1.45. The van der Waals surface area contributed by atoms with Gasteiger partial charge in [0.05, 0.1) is 22.9 Å². The van der Waals surface area contributed by atoms with Crippen molar-refractivity contribution in [2.75, 3.05) is 12.3 Å². The number of aromatic nitrogens is 3. The zero-order valence-corrected chi connectivity index (χ0v) is 13.0. The van der Waals surface area contributed by atoms with Crippen molar-refractivity contribution in [3.63, 3.8) is 0 Å². The number of aryl methyl sites for hydroxylation is 1. The molecule has 2 rings (SSSR count). The molecule has 0 saturated heterocycles. The van der Waals surface area contributed by atoms with Crippen molar-refractivity contribution < 1.29 is 9.21 Å². The fraction of sp³-hybridized carbons (Fsp3) is 0.500. The van der Waals surface area contributed by atoms with Crippen LogP contribution in [0, 0.1) is 6.92 Å². The molecule has 108 valence electrons. The number of amides is 1. The van der Waals surface area contributed by atoms with Gasteiger partial charge in [-0.25, -0.2) is 4.98 Å². The lowest BCUT2D eigenvalue weighted by Crippen LogP contribution is -2.25. The zero-order chi connectivity index (χ0) is 14.4. The smallest absolute Gasteiger partial charge is 0.277 e.